The van der Waals surface area contributed by atoms with Crippen molar-refractivity contribution in [2.75, 3.05) is 19.7 Å². The molecular weight excluding hydrogens is 352 g/mol. The number of aromatic nitrogens is 4. The van der Waals surface area contributed by atoms with Gasteiger partial charge in [0.2, 0.25) is 0 Å². The molecule has 1 aliphatic heterocycles. The van der Waals surface area contributed by atoms with Crippen LogP contribution in [-0.2, 0) is 6.54 Å². The highest BCUT2D eigenvalue weighted by atomic mass is 32.1. The molecule has 0 spiro atoms. The maximum atomic E-state index is 12.6. The summed E-state index contributed by atoms with van der Waals surface area (Å²) in [4.78, 5) is 22.2. The molecule has 0 bridgehead atoms. The van der Waals surface area contributed by atoms with E-state index in [1.807, 2.05) is 25.3 Å². The molecule has 0 saturated carbocycles. The molecule has 2 N–H and O–H groups in total. The van der Waals surface area contributed by atoms with E-state index in [9.17, 15) is 4.79 Å². The van der Waals surface area contributed by atoms with Crippen molar-refractivity contribution in [3.8, 4) is 5.19 Å². The molecular formula is C17H20N6O2S. The summed E-state index contributed by atoms with van der Waals surface area (Å²) >= 11 is 1.47. The van der Waals surface area contributed by atoms with Crippen LogP contribution in [0.5, 0.6) is 5.19 Å². The van der Waals surface area contributed by atoms with Crippen molar-refractivity contribution < 1.29 is 9.53 Å². The molecule has 8 nitrogen and oxygen atoms in total. The molecule has 0 unspecified atom stereocenters. The first-order chi connectivity index (χ1) is 12.7. The number of carbonyl (C=O) groups excluding carboxylic acids is 1. The highest BCUT2D eigenvalue weighted by molar-refractivity contribution is 7.13. The van der Waals surface area contributed by atoms with Gasteiger partial charge in [0, 0.05) is 42.4 Å². The minimum atomic E-state index is -0.128. The zero-order valence-electron chi connectivity index (χ0n) is 14.4. The number of H-pyrrole nitrogens is 1. The number of carbonyl (C=O) groups is 1. The quantitative estimate of drug-likeness (QED) is 0.685. The summed E-state index contributed by atoms with van der Waals surface area (Å²) in [5.74, 6) is -0.128. The molecule has 1 atom stereocenters. The summed E-state index contributed by atoms with van der Waals surface area (Å²) in [6.07, 6.45) is 4.38. The van der Waals surface area contributed by atoms with E-state index in [0.717, 1.165) is 42.0 Å². The fraction of sp³-hybridized carbons (Fsp3) is 0.412. The average molecular weight is 372 g/mol. The molecule has 0 aliphatic carbocycles. The van der Waals surface area contributed by atoms with Crippen LogP contribution in [-0.4, -0.2) is 56.7 Å². The zero-order chi connectivity index (χ0) is 17.9. The number of fused-ring (bicyclic) bond motifs is 1. The molecule has 3 aromatic heterocycles. The van der Waals surface area contributed by atoms with Crippen molar-refractivity contribution in [3.63, 3.8) is 0 Å². The molecule has 1 amide bonds. The Balaban J connectivity index is 1.35. The van der Waals surface area contributed by atoms with Gasteiger partial charge < -0.3 is 15.0 Å². The van der Waals surface area contributed by atoms with Crippen molar-refractivity contribution in [3.05, 3.63) is 35.2 Å². The zero-order valence-corrected chi connectivity index (χ0v) is 15.3. The summed E-state index contributed by atoms with van der Waals surface area (Å²) in [6, 6.07) is 3.85. The first kappa shape index (κ1) is 16.9. The summed E-state index contributed by atoms with van der Waals surface area (Å²) in [7, 11) is 0. The predicted octanol–water partition coefficient (Wildman–Crippen LogP) is 1.82. The number of hydrogen-bond acceptors (Lipinski definition) is 7. The molecule has 3 aromatic rings. The van der Waals surface area contributed by atoms with Gasteiger partial charge in [-0.1, -0.05) is 11.3 Å². The number of hydrogen-bond donors (Lipinski definition) is 2. The highest BCUT2D eigenvalue weighted by Crippen LogP contribution is 2.21. The third-order valence-corrected chi connectivity index (χ3v) is 5.20. The van der Waals surface area contributed by atoms with Crippen LogP contribution in [0.1, 0.15) is 28.8 Å². The van der Waals surface area contributed by atoms with Crippen LogP contribution >= 0.6 is 11.3 Å². The van der Waals surface area contributed by atoms with Gasteiger partial charge in [0.1, 0.15) is 10.7 Å². The van der Waals surface area contributed by atoms with E-state index in [0.29, 0.717) is 17.5 Å². The van der Waals surface area contributed by atoms with Crippen LogP contribution < -0.4 is 10.1 Å². The Labute approximate surface area is 154 Å². The number of rotatable bonds is 6. The van der Waals surface area contributed by atoms with Gasteiger partial charge in [0.05, 0.1) is 13.2 Å². The number of amides is 1. The first-order valence-electron chi connectivity index (χ1n) is 8.63. The topological polar surface area (TPSA) is 96.0 Å². The number of likely N-dealkylation sites (tertiary alicyclic amines) is 1. The predicted molar refractivity (Wildman–Crippen MR) is 98.3 cm³/mol. The second kappa shape index (κ2) is 7.38. The lowest BCUT2D eigenvalue weighted by Gasteiger charge is -2.15. The minimum absolute atomic E-state index is 0.109. The maximum absolute atomic E-state index is 12.6. The lowest BCUT2D eigenvalue weighted by atomic mass is 10.2. The van der Waals surface area contributed by atoms with Gasteiger partial charge in [-0.2, -0.15) is 0 Å². The molecule has 0 aromatic carbocycles. The molecule has 4 rings (SSSR count). The number of nitrogens with one attached hydrogen (secondary N) is 2. The maximum Gasteiger partial charge on any atom is 0.294 e. The lowest BCUT2D eigenvalue weighted by Crippen LogP contribution is -2.37. The van der Waals surface area contributed by atoms with Gasteiger partial charge in [-0.25, -0.2) is 0 Å². The third-order valence-electron chi connectivity index (χ3n) is 4.38. The van der Waals surface area contributed by atoms with Gasteiger partial charge in [-0.3, -0.25) is 14.7 Å². The lowest BCUT2D eigenvalue weighted by molar-refractivity contribution is 0.0934. The van der Waals surface area contributed by atoms with Crippen molar-refractivity contribution >= 4 is 28.1 Å². The van der Waals surface area contributed by atoms with E-state index < -0.39 is 0 Å². The fourth-order valence-corrected chi connectivity index (χ4v) is 3.98. The SMILES string of the molecule is CCOc1nnc(CN2CC[C@@H](NC(=O)c3nccc4[nH]ccc34)C2)s1. The van der Waals surface area contributed by atoms with E-state index in [2.05, 4.69) is 30.4 Å². The molecule has 0 radical (unpaired) electrons. The minimum Gasteiger partial charge on any atom is -0.469 e. The molecule has 26 heavy (non-hydrogen) atoms. The first-order valence-corrected chi connectivity index (χ1v) is 9.45. The fourth-order valence-electron chi connectivity index (χ4n) is 3.19. The Hall–Kier alpha value is -2.52. The van der Waals surface area contributed by atoms with E-state index in [1.54, 1.807) is 6.20 Å². The monoisotopic (exact) mass is 372 g/mol. The Morgan fingerprint density at radius 2 is 2.38 bits per heavy atom. The van der Waals surface area contributed by atoms with Crippen LogP contribution in [0.4, 0.5) is 0 Å². The molecule has 1 fully saturated rings. The second-order valence-corrected chi connectivity index (χ2v) is 7.21. The van der Waals surface area contributed by atoms with Gasteiger partial charge in [-0.15, -0.1) is 10.2 Å². The van der Waals surface area contributed by atoms with Crippen LogP contribution in [0.3, 0.4) is 0 Å². The summed E-state index contributed by atoms with van der Waals surface area (Å²) in [5, 5.41) is 13.7. The van der Waals surface area contributed by atoms with E-state index >= 15 is 0 Å². The van der Waals surface area contributed by atoms with Gasteiger partial charge in [0.15, 0.2) is 0 Å². The number of pyridine rings is 1. The van der Waals surface area contributed by atoms with E-state index in [4.69, 9.17) is 4.74 Å². The van der Waals surface area contributed by atoms with Crippen LogP contribution in [0.2, 0.25) is 0 Å². The van der Waals surface area contributed by atoms with Crippen LogP contribution in [0, 0.1) is 0 Å². The van der Waals surface area contributed by atoms with Crippen molar-refractivity contribution in [1.82, 2.24) is 30.4 Å². The number of nitrogens with zero attached hydrogens (tertiary/aromatic N) is 4. The Kier molecular flexibility index (Phi) is 4.81. The second-order valence-electron chi connectivity index (χ2n) is 6.19. The summed E-state index contributed by atoms with van der Waals surface area (Å²) in [6.45, 7) is 4.95. The molecule has 1 saturated heterocycles. The smallest absolute Gasteiger partial charge is 0.294 e. The molecule has 4 heterocycles. The molecule has 9 heteroatoms. The number of aromatic amines is 1. The van der Waals surface area contributed by atoms with Gasteiger partial charge in [-0.05, 0) is 25.5 Å². The third kappa shape index (κ3) is 3.54. The Bertz CT molecular complexity index is 907. The van der Waals surface area contributed by atoms with E-state index in [-0.39, 0.29) is 11.9 Å². The summed E-state index contributed by atoms with van der Waals surface area (Å²) in [5.41, 5.74) is 1.38. The normalized spacial score (nSPS) is 17.7. The molecule has 1 aliphatic rings. The van der Waals surface area contributed by atoms with Gasteiger partial charge in [0.25, 0.3) is 11.1 Å². The molecule has 136 valence electrons. The van der Waals surface area contributed by atoms with E-state index in [1.165, 1.54) is 11.3 Å². The average Bonchev–Trinajstić information content (AvgIpc) is 3.36. The van der Waals surface area contributed by atoms with Crippen molar-refractivity contribution in [1.29, 1.82) is 0 Å². The highest BCUT2D eigenvalue weighted by Gasteiger charge is 2.26. The van der Waals surface area contributed by atoms with Crippen LogP contribution in [0.25, 0.3) is 10.9 Å². The number of ether oxygens (including phenoxy) is 1. The standard InChI is InChI=1S/C17H20N6O2S/c1-2-25-17-22-21-14(26-17)10-23-8-5-11(9-23)20-16(24)15-12-3-6-18-13(12)4-7-19-15/h3-4,6-7,11,18H,2,5,8-10H2,1H3,(H,20,24)/t11-/m1/s1. The largest absolute Gasteiger partial charge is 0.469 e. The van der Waals surface area contributed by atoms with Gasteiger partial charge >= 0.3 is 0 Å². The Morgan fingerprint density at radius 3 is 3.27 bits per heavy atom. The van der Waals surface area contributed by atoms with Crippen LogP contribution in [0.15, 0.2) is 24.5 Å². The van der Waals surface area contributed by atoms with Crippen molar-refractivity contribution in [2.24, 2.45) is 0 Å². The van der Waals surface area contributed by atoms with Crippen molar-refractivity contribution in [2.45, 2.75) is 25.9 Å². The summed E-state index contributed by atoms with van der Waals surface area (Å²) < 4.78 is 5.36. The Morgan fingerprint density at radius 1 is 1.46 bits per heavy atom.